The Kier molecular flexibility index (Phi) is 6.79. The Hall–Kier alpha value is -3.19. The van der Waals surface area contributed by atoms with Crippen LogP contribution in [0.3, 0.4) is 0 Å². The van der Waals surface area contributed by atoms with E-state index in [9.17, 15) is 14.4 Å². The van der Waals surface area contributed by atoms with Gasteiger partial charge in [0.25, 0.3) is 5.91 Å². The van der Waals surface area contributed by atoms with E-state index < -0.39 is 23.7 Å². The minimum absolute atomic E-state index is 0.114. The van der Waals surface area contributed by atoms with Crippen molar-refractivity contribution in [3.05, 3.63) is 71.8 Å². The predicted octanol–water partition coefficient (Wildman–Crippen LogP) is 2.93. The maximum atomic E-state index is 13.4. The van der Waals surface area contributed by atoms with E-state index in [0.717, 1.165) is 17.5 Å². The Morgan fingerprint density at radius 1 is 1.00 bits per heavy atom. The van der Waals surface area contributed by atoms with E-state index in [4.69, 9.17) is 9.47 Å². The van der Waals surface area contributed by atoms with Gasteiger partial charge < -0.3 is 19.3 Å². The highest BCUT2D eigenvalue weighted by Gasteiger charge is 2.62. The van der Waals surface area contributed by atoms with Crippen molar-refractivity contribution in [3.63, 3.8) is 0 Å². The van der Waals surface area contributed by atoms with Crippen LogP contribution in [0, 0.1) is 0 Å². The first-order valence-corrected chi connectivity index (χ1v) is 11.4. The topological polar surface area (TPSA) is 76.2 Å². The highest BCUT2D eigenvalue weighted by Crippen LogP contribution is 2.40. The molecule has 4 rings (SSSR count). The number of ether oxygens (including phenoxy) is 2. The first-order chi connectivity index (χ1) is 15.9. The molecule has 2 aromatic carbocycles. The summed E-state index contributed by atoms with van der Waals surface area (Å²) in [5.41, 5.74) is 1.02. The van der Waals surface area contributed by atoms with Crippen LogP contribution in [0.15, 0.2) is 60.7 Å². The van der Waals surface area contributed by atoms with Gasteiger partial charge in [-0.1, -0.05) is 60.7 Å². The lowest BCUT2D eigenvalue weighted by molar-refractivity contribution is -0.184. The predicted molar refractivity (Wildman–Crippen MR) is 122 cm³/mol. The van der Waals surface area contributed by atoms with Gasteiger partial charge in [0.1, 0.15) is 12.1 Å². The highest BCUT2D eigenvalue weighted by molar-refractivity contribution is 5.99. The zero-order chi connectivity index (χ0) is 23.4. The van der Waals surface area contributed by atoms with Gasteiger partial charge in [-0.15, -0.1) is 0 Å². The van der Waals surface area contributed by atoms with Crippen LogP contribution >= 0.6 is 0 Å². The lowest BCUT2D eigenvalue weighted by atomic mass is 9.83. The first-order valence-electron chi connectivity index (χ1n) is 11.4. The fourth-order valence-corrected chi connectivity index (χ4v) is 4.83. The number of amides is 2. The number of likely N-dealkylation sites (tertiary alicyclic amines) is 2. The van der Waals surface area contributed by atoms with E-state index in [-0.39, 0.29) is 18.4 Å². The average molecular weight is 451 g/mol. The number of rotatable bonds is 8. The molecule has 0 aromatic heterocycles. The first kappa shape index (κ1) is 23.0. The summed E-state index contributed by atoms with van der Waals surface area (Å²) in [5, 5.41) is 0. The van der Waals surface area contributed by atoms with Crippen LogP contribution in [0.2, 0.25) is 0 Å². The third-order valence-electron chi connectivity index (χ3n) is 6.56. The molecule has 0 saturated carbocycles. The van der Waals surface area contributed by atoms with E-state index in [1.807, 2.05) is 60.7 Å². The number of β-lactam (4-membered cyclic amide) rings is 1. The van der Waals surface area contributed by atoms with Crippen molar-refractivity contribution >= 4 is 17.8 Å². The van der Waals surface area contributed by atoms with Crippen LogP contribution in [0.4, 0.5) is 0 Å². The van der Waals surface area contributed by atoms with Gasteiger partial charge in [-0.3, -0.25) is 9.59 Å². The Labute approximate surface area is 194 Å². The van der Waals surface area contributed by atoms with Crippen molar-refractivity contribution in [1.29, 1.82) is 0 Å². The number of hydrogen-bond acceptors (Lipinski definition) is 5. The van der Waals surface area contributed by atoms with Crippen LogP contribution in [-0.4, -0.2) is 58.4 Å². The fourth-order valence-electron chi connectivity index (χ4n) is 4.83. The number of carbonyl (C=O) groups is 3. The molecular formula is C26H30N2O5. The summed E-state index contributed by atoms with van der Waals surface area (Å²) in [7, 11) is 0. The smallest absolute Gasteiger partial charge is 0.331 e. The van der Waals surface area contributed by atoms with Crippen LogP contribution in [0.25, 0.3) is 0 Å². The largest absolute Gasteiger partial charge is 0.459 e. The van der Waals surface area contributed by atoms with Crippen molar-refractivity contribution in [3.8, 4) is 0 Å². The average Bonchev–Trinajstić information content (AvgIpc) is 3.29. The Balaban J connectivity index is 1.49. The number of nitrogens with zero attached hydrogens (tertiary/aromatic N) is 2. The van der Waals surface area contributed by atoms with Crippen molar-refractivity contribution in [1.82, 2.24) is 9.80 Å². The van der Waals surface area contributed by atoms with Crippen LogP contribution in [0.1, 0.15) is 37.8 Å². The van der Waals surface area contributed by atoms with Crippen molar-refractivity contribution < 1.29 is 23.9 Å². The summed E-state index contributed by atoms with van der Waals surface area (Å²) in [5.74, 6) is -0.820. The van der Waals surface area contributed by atoms with E-state index in [1.54, 1.807) is 11.8 Å². The van der Waals surface area contributed by atoms with E-state index in [1.165, 1.54) is 11.8 Å². The number of hydrogen-bond donors (Lipinski definition) is 0. The number of benzene rings is 2. The maximum absolute atomic E-state index is 13.4. The lowest BCUT2D eigenvalue weighted by Crippen LogP contribution is -2.76. The Morgan fingerprint density at radius 3 is 2.18 bits per heavy atom. The molecule has 7 heteroatoms. The molecule has 0 radical (unpaired) electrons. The molecule has 2 fully saturated rings. The van der Waals surface area contributed by atoms with Gasteiger partial charge in [-0.25, -0.2) is 4.79 Å². The van der Waals surface area contributed by atoms with Crippen molar-refractivity contribution in [2.24, 2.45) is 0 Å². The summed E-state index contributed by atoms with van der Waals surface area (Å²) in [6.07, 6.45) is 0.817. The second kappa shape index (κ2) is 9.75. The lowest BCUT2D eigenvalue weighted by Gasteiger charge is -2.53. The van der Waals surface area contributed by atoms with E-state index >= 15 is 0 Å². The number of carbonyl (C=O) groups excluding carboxylic acids is 3. The minimum Gasteiger partial charge on any atom is -0.459 e. The van der Waals surface area contributed by atoms with Gasteiger partial charge in [0, 0.05) is 13.5 Å². The fraction of sp³-hybridized carbons (Fsp3) is 0.423. The van der Waals surface area contributed by atoms with Gasteiger partial charge in [-0.2, -0.15) is 0 Å². The molecule has 1 unspecified atom stereocenters. The number of esters is 1. The Morgan fingerprint density at radius 2 is 1.61 bits per heavy atom. The molecule has 2 aliphatic heterocycles. The highest BCUT2D eigenvalue weighted by atomic mass is 16.5. The third-order valence-corrected chi connectivity index (χ3v) is 6.56. The molecule has 174 valence electrons. The molecule has 1 spiro atoms. The molecule has 2 heterocycles. The molecule has 0 bridgehead atoms. The molecule has 2 amide bonds. The van der Waals surface area contributed by atoms with Crippen LogP contribution in [0.5, 0.6) is 0 Å². The third kappa shape index (κ3) is 4.64. The van der Waals surface area contributed by atoms with Crippen LogP contribution < -0.4 is 0 Å². The molecule has 2 saturated heterocycles. The molecule has 2 aliphatic rings. The minimum atomic E-state index is -0.884. The second-order valence-corrected chi connectivity index (χ2v) is 8.78. The SMILES string of the molecule is CC(=O)N1CCCC12CN([C@H](C(=O)OCc1ccccc1)[C@@H](C)OCc1ccccc1)C2=O. The summed E-state index contributed by atoms with van der Waals surface area (Å²) in [4.78, 5) is 41.8. The summed E-state index contributed by atoms with van der Waals surface area (Å²) in [6, 6.07) is 18.2. The molecular weight excluding hydrogens is 420 g/mol. The summed E-state index contributed by atoms with van der Waals surface area (Å²) in [6.45, 7) is 4.59. The quantitative estimate of drug-likeness (QED) is 0.457. The standard InChI is InChI=1S/C26H30N2O5/c1-19(32-16-21-10-5-3-6-11-21)23(24(30)33-17-22-12-7-4-8-13-22)27-18-26(25(27)31)14-9-15-28(26)20(2)29/h3-8,10-13,19,23H,9,14-18H2,1-2H3/t19-,23+,26?/m1/s1. The molecule has 0 N–H and O–H groups in total. The van der Waals surface area contributed by atoms with Gasteiger partial charge >= 0.3 is 5.97 Å². The van der Waals surface area contributed by atoms with Gasteiger partial charge in [0.15, 0.2) is 6.04 Å². The van der Waals surface area contributed by atoms with Gasteiger partial charge in [0.2, 0.25) is 5.91 Å². The normalized spacial score (nSPS) is 21.6. The zero-order valence-electron chi connectivity index (χ0n) is 19.1. The monoisotopic (exact) mass is 450 g/mol. The Bertz CT molecular complexity index is 996. The van der Waals surface area contributed by atoms with Gasteiger partial charge in [0.05, 0.1) is 19.3 Å². The summed E-state index contributed by atoms with van der Waals surface area (Å²) >= 11 is 0. The van der Waals surface area contributed by atoms with E-state index in [2.05, 4.69) is 0 Å². The summed E-state index contributed by atoms with van der Waals surface area (Å²) < 4.78 is 11.6. The van der Waals surface area contributed by atoms with Crippen molar-refractivity contribution in [2.45, 2.75) is 57.6 Å². The van der Waals surface area contributed by atoms with Crippen LogP contribution in [-0.2, 0) is 37.1 Å². The second-order valence-electron chi connectivity index (χ2n) is 8.78. The molecule has 7 nitrogen and oxygen atoms in total. The van der Waals surface area contributed by atoms with Gasteiger partial charge in [-0.05, 0) is 30.9 Å². The molecule has 0 aliphatic carbocycles. The molecule has 3 atom stereocenters. The maximum Gasteiger partial charge on any atom is 0.331 e. The molecule has 2 aromatic rings. The molecule has 33 heavy (non-hydrogen) atoms. The zero-order valence-corrected chi connectivity index (χ0v) is 19.1. The van der Waals surface area contributed by atoms with E-state index in [0.29, 0.717) is 26.1 Å². The van der Waals surface area contributed by atoms with Crippen molar-refractivity contribution in [2.75, 3.05) is 13.1 Å².